The van der Waals surface area contributed by atoms with E-state index in [0.29, 0.717) is 25.0 Å². The summed E-state index contributed by atoms with van der Waals surface area (Å²) in [6.45, 7) is 8.42. The van der Waals surface area contributed by atoms with Crippen molar-refractivity contribution in [1.82, 2.24) is 19.9 Å². The highest BCUT2D eigenvalue weighted by Crippen LogP contribution is 2.48. The molecule has 1 aliphatic carbocycles. The highest BCUT2D eigenvalue weighted by molar-refractivity contribution is 5.83. The molecule has 4 heterocycles. The Kier molecular flexibility index (Phi) is 11.3. The van der Waals surface area contributed by atoms with E-state index >= 15 is 0 Å². The number of nitrogens with zero attached hydrogens (tertiary/aromatic N) is 4. The van der Waals surface area contributed by atoms with E-state index in [4.69, 9.17) is 18.6 Å². The molecule has 0 amide bonds. The molecule has 274 valence electrons. The van der Waals surface area contributed by atoms with Gasteiger partial charge in [0.15, 0.2) is 0 Å². The number of piperidine rings is 1. The van der Waals surface area contributed by atoms with Gasteiger partial charge in [-0.1, -0.05) is 50.5 Å². The van der Waals surface area contributed by atoms with Gasteiger partial charge in [-0.25, -0.2) is 0 Å². The number of hydrogen-bond donors (Lipinski definition) is 1. The van der Waals surface area contributed by atoms with Crippen molar-refractivity contribution in [1.29, 1.82) is 0 Å². The van der Waals surface area contributed by atoms with Gasteiger partial charge < -0.3 is 23.7 Å². The fourth-order valence-corrected chi connectivity index (χ4v) is 8.31. The fraction of sp³-hybridized carbons (Fsp3) is 0.585. The molecule has 0 spiro atoms. The average Bonchev–Trinajstić information content (AvgIpc) is 3.72. The third kappa shape index (κ3) is 8.44. The van der Waals surface area contributed by atoms with Gasteiger partial charge in [0.05, 0.1) is 31.4 Å². The van der Waals surface area contributed by atoms with Crippen LogP contribution in [0.5, 0.6) is 11.5 Å². The van der Waals surface area contributed by atoms with Gasteiger partial charge in [-0.15, -0.1) is 5.10 Å². The van der Waals surface area contributed by atoms with Crippen molar-refractivity contribution in [3.63, 3.8) is 0 Å². The van der Waals surface area contributed by atoms with E-state index in [1.807, 2.05) is 23.9 Å². The molecule has 3 atom stereocenters. The van der Waals surface area contributed by atoms with Crippen LogP contribution in [0.25, 0.3) is 11.0 Å². The standard InChI is InChI=1S/C41H54N4O6/c1-4-5-6-7-18-45-23-33(42-43-45)25-49-26-34-21-32-13-15-37(48-3)35(40(32)50-34)24-44-19-16-29(17-20-44)36-14-12-28-8-11-31(22-38(28)51-36)39(30-9-10-30)27(2)41(46)47/h8,11,13,15,21-23,27,29-30,36,39H,4-7,9-10,12,14,16-20,24-26H2,1-3H3,(H,46,47)/t27?,36-,39?/m1/s1. The number of rotatable bonds is 17. The Morgan fingerprint density at radius 3 is 2.65 bits per heavy atom. The second kappa shape index (κ2) is 16.2. The smallest absolute Gasteiger partial charge is 0.306 e. The number of ether oxygens (including phenoxy) is 3. The van der Waals surface area contributed by atoms with E-state index in [9.17, 15) is 9.90 Å². The molecule has 2 unspecified atom stereocenters. The van der Waals surface area contributed by atoms with E-state index in [-0.39, 0.29) is 12.0 Å². The number of benzene rings is 2. The number of aromatic nitrogens is 3. The zero-order valence-corrected chi connectivity index (χ0v) is 30.5. The number of methoxy groups -OCH3 is 1. The van der Waals surface area contributed by atoms with Crippen molar-refractivity contribution >= 4 is 16.9 Å². The molecule has 1 saturated carbocycles. The molecule has 10 nitrogen and oxygen atoms in total. The van der Waals surface area contributed by atoms with Crippen LogP contribution in [0.3, 0.4) is 0 Å². The van der Waals surface area contributed by atoms with Gasteiger partial charge in [0.25, 0.3) is 0 Å². The van der Waals surface area contributed by atoms with Crippen LogP contribution in [0.4, 0.5) is 0 Å². The molecule has 4 aromatic rings. The van der Waals surface area contributed by atoms with Crippen molar-refractivity contribution in [2.24, 2.45) is 17.8 Å². The summed E-state index contributed by atoms with van der Waals surface area (Å²) in [5, 5.41) is 19.3. The number of carboxylic acids is 1. The third-order valence-electron chi connectivity index (χ3n) is 11.4. The molecule has 51 heavy (non-hydrogen) atoms. The minimum atomic E-state index is -0.716. The van der Waals surface area contributed by atoms with Crippen molar-refractivity contribution in [2.45, 2.75) is 116 Å². The molecule has 0 bridgehead atoms. The zero-order valence-electron chi connectivity index (χ0n) is 30.5. The third-order valence-corrected chi connectivity index (χ3v) is 11.4. The predicted octanol–water partition coefficient (Wildman–Crippen LogP) is 8.15. The van der Waals surface area contributed by atoms with Gasteiger partial charge in [0, 0.05) is 18.5 Å². The number of unbranched alkanes of at least 4 members (excludes halogenated alkanes) is 3. The summed E-state index contributed by atoms with van der Waals surface area (Å²) >= 11 is 0. The van der Waals surface area contributed by atoms with Crippen LogP contribution in [-0.2, 0) is 42.3 Å². The summed E-state index contributed by atoms with van der Waals surface area (Å²) in [6.07, 6.45) is 13.4. The maximum Gasteiger partial charge on any atom is 0.306 e. The first-order chi connectivity index (χ1) is 24.9. The Labute approximate surface area is 301 Å². The SMILES string of the molecule is CCCCCCn1cc(COCc2cc3ccc(OC)c(CN4CCC([C@H]5CCc6ccc(C(C7CC7)C(C)C(=O)O)cc6O5)CC4)c3o2)nn1. The molecular weight excluding hydrogens is 644 g/mol. The molecule has 2 aromatic carbocycles. The number of furan rings is 1. The van der Waals surface area contributed by atoms with Crippen LogP contribution in [0.1, 0.15) is 106 Å². The van der Waals surface area contributed by atoms with Gasteiger partial charge in [0.1, 0.15) is 41.2 Å². The Morgan fingerprint density at radius 2 is 1.88 bits per heavy atom. The number of likely N-dealkylation sites (tertiary alicyclic amines) is 1. The topological polar surface area (TPSA) is 112 Å². The normalized spacial score (nSPS) is 19.5. The molecule has 1 N–H and O–H groups in total. The average molecular weight is 699 g/mol. The maximum absolute atomic E-state index is 11.9. The van der Waals surface area contributed by atoms with E-state index in [1.54, 1.807) is 7.11 Å². The number of fused-ring (bicyclic) bond motifs is 2. The molecule has 2 aromatic heterocycles. The molecule has 7 rings (SSSR count). The lowest BCUT2D eigenvalue weighted by molar-refractivity contribution is -0.142. The van der Waals surface area contributed by atoms with Crippen LogP contribution >= 0.6 is 0 Å². The molecule has 1 saturated heterocycles. The van der Waals surface area contributed by atoms with Gasteiger partial charge in [-0.3, -0.25) is 14.4 Å². The Hall–Kier alpha value is -3.89. The van der Waals surface area contributed by atoms with E-state index < -0.39 is 11.9 Å². The number of aryl methyl sites for hydroxylation is 2. The van der Waals surface area contributed by atoms with Crippen molar-refractivity contribution in [3.05, 3.63) is 70.7 Å². The zero-order chi connectivity index (χ0) is 35.3. The number of carbonyl (C=O) groups is 1. The van der Waals surface area contributed by atoms with Gasteiger partial charge in [-0.2, -0.15) is 0 Å². The van der Waals surface area contributed by atoms with E-state index in [2.05, 4.69) is 52.5 Å². The number of carboxylic acid groups (broad SMARTS) is 1. The second-order valence-electron chi connectivity index (χ2n) is 15.1. The first-order valence-corrected chi connectivity index (χ1v) is 19.2. The van der Waals surface area contributed by atoms with Gasteiger partial charge in [-0.05, 0) is 111 Å². The van der Waals surface area contributed by atoms with Gasteiger partial charge >= 0.3 is 5.97 Å². The fourth-order valence-electron chi connectivity index (χ4n) is 8.31. The maximum atomic E-state index is 11.9. The highest BCUT2D eigenvalue weighted by Gasteiger charge is 2.39. The largest absolute Gasteiger partial charge is 0.496 e. The monoisotopic (exact) mass is 698 g/mol. The summed E-state index contributed by atoms with van der Waals surface area (Å²) in [4.78, 5) is 14.4. The van der Waals surface area contributed by atoms with Crippen molar-refractivity contribution in [3.8, 4) is 11.5 Å². The molecule has 2 fully saturated rings. The Balaban J connectivity index is 0.938. The van der Waals surface area contributed by atoms with Crippen LogP contribution < -0.4 is 9.47 Å². The quantitative estimate of drug-likeness (QED) is 0.109. The lowest BCUT2D eigenvalue weighted by Crippen LogP contribution is -2.40. The minimum Gasteiger partial charge on any atom is -0.496 e. The molecule has 0 radical (unpaired) electrons. The van der Waals surface area contributed by atoms with Crippen LogP contribution in [0.15, 0.2) is 47.0 Å². The Bertz CT molecular complexity index is 1770. The van der Waals surface area contributed by atoms with Crippen LogP contribution in [0, 0.1) is 17.8 Å². The number of hydrogen-bond acceptors (Lipinski definition) is 8. The summed E-state index contributed by atoms with van der Waals surface area (Å²) in [5.74, 6) is 2.48. The van der Waals surface area contributed by atoms with Gasteiger partial charge in [0.2, 0.25) is 0 Å². The summed E-state index contributed by atoms with van der Waals surface area (Å²) in [5.41, 5.74) is 5.12. The summed E-state index contributed by atoms with van der Waals surface area (Å²) in [7, 11) is 1.72. The second-order valence-corrected chi connectivity index (χ2v) is 15.1. The lowest BCUT2D eigenvalue weighted by atomic mass is 9.81. The summed E-state index contributed by atoms with van der Waals surface area (Å²) < 4.78 is 26.8. The first-order valence-electron chi connectivity index (χ1n) is 19.2. The number of aliphatic carboxylic acids is 1. The predicted molar refractivity (Wildman–Crippen MR) is 195 cm³/mol. The van der Waals surface area contributed by atoms with Crippen molar-refractivity contribution in [2.75, 3.05) is 20.2 Å². The molecular formula is C41H54N4O6. The highest BCUT2D eigenvalue weighted by atomic mass is 16.5. The summed E-state index contributed by atoms with van der Waals surface area (Å²) in [6, 6.07) is 12.6. The van der Waals surface area contributed by atoms with Crippen LogP contribution in [0.2, 0.25) is 0 Å². The molecule has 2 aliphatic heterocycles. The molecule has 3 aliphatic rings. The van der Waals surface area contributed by atoms with Crippen LogP contribution in [-0.4, -0.2) is 57.3 Å². The Morgan fingerprint density at radius 1 is 1.04 bits per heavy atom. The lowest BCUT2D eigenvalue weighted by Gasteiger charge is -2.38. The van der Waals surface area contributed by atoms with Crippen molar-refractivity contribution < 1.29 is 28.5 Å². The van der Waals surface area contributed by atoms with E-state index in [1.165, 1.54) is 24.8 Å². The minimum absolute atomic E-state index is 0.0530. The molecule has 10 heteroatoms. The first kappa shape index (κ1) is 35.5. The van der Waals surface area contributed by atoms with E-state index in [0.717, 1.165) is 116 Å².